The summed E-state index contributed by atoms with van der Waals surface area (Å²) < 4.78 is 2.42. The molecule has 1 aliphatic heterocycles. The Labute approximate surface area is 149 Å². The predicted molar refractivity (Wildman–Crippen MR) is 105 cm³/mol. The molecular formula is C22H25N3. The molecule has 0 atom stereocenters. The Morgan fingerprint density at radius 1 is 1.16 bits per heavy atom. The van der Waals surface area contributed by atoms with E-state index in [0.29, 0.717) is 0 Å². The van der Waals surface area contributed by atoms with Crippen molar-refractivity contribution < 1.29 is 0 Å². The molecule has 3 nitrogen and oxygen atoms in total. The maximum absolute atomic E-state index is 4.13. The zero-order valence-electron chi connectivity index (χ0n) is 15.5. The first-order valence-electron chi connectivity index (χ1n) is 8.92. The molecule has 3 heterocycles. The van der Waals surface area contributed by atoms with Gasteiger partial charge in [-0.2, -0.15) is 0 Å². The average molecular weight is 331 g/mol. The quantitative estimate of drug-likeness (QED) is 0.692. The van der Waals surface area contributed by atoms with Crippen molar-refractivity contribution in [2.75, 3.05) is 13.6 Å². The van der Waals surface area contributed by atoms with Gasteiger partial charge in [0.2, 0.25) is 0 Å². The summed E-state index contributed by atoms with van der Waals surface area (Å²) in [5.41, 5.74) is 9.49. The van der Waals surface area contributed by atoms with E-state index >= 15 is 0 Å². The Kier molecular flexibility index (Phi) is 3.97. The van der Waals surface area contributed by atoms with Crippen molar-refractivity contribution in [3.63, 3.8) is 0 Å². The molecule has 0 unspecified atom stereocenters. The molecule has 3 aromatic rings. The van der Waals surface area contributed by atoms with Crippen molar-refractivity contribution in [1.82, 2.24) is 14.5 Å². The Morgan fingerprint density at radius 3 is 2.68 bits per heavy atom. The van der Waals surface area contributed by atoms with Gasteiger partial charge in [0, 0.05) is 50.0 Å². The van der Waals surface area contributed by atoms with E-state index in [2.05, 4.69) is 72.7 Å². The minimum atomic E-state index is 1.04. The highest BCUT2D eigenvalue weighted by atomic mass is 15.1. The summed E-state index contributed by atoms with van der Waals surface area (Å²) in [6.07, 6.45) is 7.16. The Balaban J connectivity index is 1.93. The van der Waals surface area contributed by atoms with Crippen molar-refractivity contribution in [3.8, 4) is 0 Å². The van der Waals surface area contributed by atoms with Gasteiger partial charge in [-0.25, -0.2) is 0 Å². The van der Waals surface area contributed by atoms with Gasteiger partial charge >= 0.3 is 0 Å². The first-order valence-corrected chi connectivity index (χ1v) is 8.92. The smallest absolute Gasteiger partial charge is 0.0557 e. The number of benzene rings is 1. The van der Waals surface area contributed by atoms with Crippen LogP contribution in [0.4, 0.5) is 0 Å². The highest BCUT2D eigenvalue weighted by Crippen LogP contribution is 2.34. The number of nitrogens with zero attached hydrogens (tertiary/aromatic N) is 3. The number of pyridine rings is 1. The van der Waals surface area contributed by atoms with Gasteiger partial charge in [0.1, 0.15) is 0 Å². The summed E-state index contributed by atoms with van der Waals surface area (Å²) in [6, 6.07) is 8.81. The van der Waals surface area contributed by atoms with Crippen LogP contribution in [0.3, 0.4) is 0 Å². The van der Waals surface area contributed by atoms with Crippen LogP contribution in [0, 0.1) is 6.92 Å². The third-order valence-corrected chi connectivity index (χ3v) is 5.36. The highest BCUT2D eigenvalue weighted by molar-refractivity contribution is 5.96. The molecule has 0 bridgehead atoms. The molecule has 3 heteroatoms. The van der Waals surface area contributed by atoms with E-state index in [4.69, 9.17) is 0 Å². The van der Waals surface area contributed by atoms with Crippen LogP contribution < -0.4 is 0 Å². The molecule has 0 spiro atoms. The molecule has 1 aromatic carbocycles. The first-order chi connectivity index (χ1) is 12.0. The van der Waals surface area contributed by atoms with Gasteiger partial charge in [0.25, 0.3) is 0 Å². The molecule has 0 N–H and O–H groups in total. The third kappa shape index (κ3) is 2.79. The number of allylic oxidation sites excluding steroid dienone is 1. The van der Waals surface area contributed by atoms with E-state index in [1.165, 1.54) is 44.4 Å². The minimum absolute atomic E-state index is 1.04. The Bertz CT molecular complexity index is 964. The minimum Gasteiger partial charge on any atom is -0.347 e. The summed E-state index contributed by atoms with van der Waals surface area (Å²) in [5, 5.41) is 1.41. The summed E-state index contributed by atoms with van der Waals surface area (Å²) >= 11 is 0. The standard InChI is InChI=1S/C22H25N3/c1-15-11-18(13-16(2)17-5-8-23-9-6-17)22-19(12-15)20-14-24(3)10-7-21(20)25(22)4/h5-6,8-9,11-13H,7,10,14H2,1-4H3/b16-13-. The van der Waals surface area contributed by atoms with Crippen LogP contribution in [-0.2, 0) is 20.0 Å². The zero-order chi connectivity index (χ0) is 17.6. The lowest BCUT2D eigenvalue weighted by molar-refractivity contribution is 0.310. The van der Waals surface area contributed by atoms with E-state index in [0.717, 1.165) is 19.5 Å². The van der Waals surface area contributed by atoms with Gasteiger partial charge in [-0.3, -0.25) is 4.98 Å². The lowest BCUT2D eigenvalue weighted by atomic mass is 9.99. The largest absolute Gasteiger partial charge is 0.347 e. The van der Waals surface area contributed by atoms with Gasteiger partial charge < -0.3 is 9.47 Å². The summed E-state index contributed by atoms with van der Waals surface area (Å²) in [5.74, 6) is 0. The van der Waals surface area contributed by atoms with Crippen molar-refractivity contribution >= 4 is 22.6 Å². The van der Waals surface area contributed by atoms with Crippen LogP contribution in [-0.4, -0.2) is 28.0 Å². The van der Waals surface area contributed by atoms with Gasteiger partial charge in [0.15, 0.2) is 0 Å². The van der Waals surface area contributed by atoms with Crippen molar-refractivity contribution in [1.29, 1.82) is 0 Å². The molecule has 4 rings (SSSR count). The van der Waals surface area contributed by atoms with Crippen molar-refractivity contribution in [3.05, 3.63) is 64.6 Å². The molecule has 2 aromatic heterocycles. The number of hydrogen-bond acceptors (Lipinski definition) is 2. The molecule has 0 amide bonds. The molecule has 25 heavy (non-hydrogen) atoms. The van der Waals surface area contributed by atoms with E-state index in [1.807, 2.05) is 12.4 Å². The lowest BCUT2D eigenvalue weighted by Crippen LogP contribution is -2.26. The molecule has 128 valence electrons. The monoisotopic (exact) mass is 331 g/mol. The Morgan fingerprint density at radius 2 is 1.92 bits per heavy atom. The Hall–Kier alpha value is -2.39. The molecule has 1 aliphatic rings. The van der Waals surface area contributed by atoms with Crippen LogP contribution in [0.2, 0.25) is 0 Å². The van der Waals surface area contributed by atoms with E-state index < -0.39 is 0 Å². The summed E-state index contributed by atoms with van der Waals surface area (Å²) in [6.45, 7) is 6.56. The molecule has 0 radical (unpaired) electrons. The maximum Gasteiger partial charge on any atom is 0.0557 e. The van der Waals surface area contributed by atoms with Crippen molar-refractivity contribution in [2.24, 2.45) is 7.05 Å². The van der Waals surface area contributed by atoms with Crippen LogP contribution in [0.15, 0.2) is 36.7 Å². The fraction of sp³-hybridized carbons (Fsp3) is 0.318. The van der Waals surface area contributed by atoms with E-state index in [9.17, 15) is 0 Å². The van der Waals surface area contributed by atoms with E-state index in [-0.39, 0.29) is 0 Å². The molecule has 0 aliphatic carbocycles. The summed E-state index contributed by atoms with van der Waals surface area (Å²) in [4.78, 5) is 6.55. The van der Waals surface area contributed by atoms with Crippen LogP contribution in [0.1, 0.15) is 34.9 Å². The van der Waals surface area contributed by atoms with Gasteiger partial charge in [-0.05, 0) is 79.1 Å². The fourth-order valence-electron chi connectivity index (χ4n) is 4.09. The van der Waals surface area contributed by atoms with E-state index in [1.54, 1.807) is 0 Å². The molecule has 0 fully saturated rings. The van der Waals surface area contributed by atoms with Crippen molar-refractivity contribution in [2.45, 2.75) is 26.8 Å². The second kappa shape index (κ2) is 6.16. The second-order valence-electron chi connectivity index (χ2n) is 7.29. The third-order valence-electron chi connectivity index (χ3n) is 5.36. The number of aryl methyl sites for hydroxylation is 2. The number of rotatable bonds is 2. The lowest BCUT2D eigenvalue weighted by Gasteiger charge is -2.23. The zero-order valence-corrected chi connectivity index (χ0v) is 15.5. The van der Waals surface area contributed by atoms with Crippen LogP contribution in [0.25, 0.3) is 22.6 Å². The number of aromatic nitrogens is 2. The topological polar surface area (TPSA) is 21.1 Å². The second-order valence-corrected chi connectivity index (χ2v) is 7.29. The van der Waals surface area contributed by atoms with Crippen LogP contribution in [0.5, 0.6) is 0 Å². The predicted octanol–water partition coefficient (Wildman–Crippen LogP) is 4.43. The maximum atomic E-state index is 4.13. The van der Waals surface area contributed by atoms with Gasteiger partial charge in [0.05, 0.1) is 5.52 Å². The SMILES string of the molecule is C/C(=C/c1cc(C)cc2c3c(n(C)c12)CCN(C)C3)c1ccncc1. The highest BCUT2D eigenvalue weighted by Gasteiger charge is 2.22. The summed E-state index contributed by atoms with van der Waals surface area (Å²) in [7, 11) is 4.44. The number of likely N-dealkylation sites (N-methyl/N-ethyl adjacent to an activating group) is 1. The number of fused-ring (bicyclic) bond motifs is 3. The molecular weight excluding hydrogens is 306 g/mol. The molecule has 0 saturated heterocycles. The number of hydrogen-bond donors (Lipinski definition) is 0. The average Bonchev–Trinajstić information content (AvgIpc) is 2.87. The van der Waals surface area contributed by atoms with Gasteiger partial charge in [-0.1, -0.05) is 0 Å². The normalized spacial score (nSPS) is 15.6. The molecule has 0 saturated carbocycles. The fourth-order valence-corrected chi connectivity index (χ4v) is 4.09. The van der Waals surface area contributed by atoms with Crippen LogP contribution >= 0.6 is 0 Å². The first kappa shape index (κ1) is 16.1. The van der Waals surface area contributed by atoms with Gasteiger partial charge in [-0.15, -0.1) is 0 Å².